The molecular weight excluding hydrogens is 234 g/mol. The van der Waals surface area contributed by atoms with Crippen molar-refractivity contribution in [3.63, 3.8) is 0 Å². The lowest BCUT2D eigenvalue weighted by Gasteiger charge is -2.00. The molecule has 0 fully saturated rings. The maximum absolute atomic E-state index is 11.7. The second-order valence-corrected chi connectivity index (χ2v) is 4.25. The van der Waals surface area contributed by atoms with Gasteiger partial charge in [0.2, 0.25) is 0 Å². The van der Waals surface area contributed by atoms with Gasteiger partial charge in [0.1, 0.15) is 5.69 Å². The lowest BCUT2D eigenvalue weighted by atomic mass is 10.1. The van der Waals surface area contributed by atoms with Crippen molar-refractivity contribution >= 4 is 24.7 Å². The Balaban J connectivity index is 2.97. The second-order valence-electron chi connectivity index (χ2n) is 3.80. The first-order valence-electron chi connectivity index (χ1n) is 5.75. The number of esters is 1. The SMILES string of the molecule is CCOC(=O)c1[nH]c(C)c(C=CCCS)c1C. The van der Waals surface area contributed by atoms with Gasteiger partial charge >= 0.3 is 5.97 Å². The molecule has 0 saturated carbocycles. The molecule has 94 valence electrons. The number of aryl methyl sites for hydroxylation is 1. The summed E-state index contributed by atoms with van der Waals surface area (Å²) >= 11 is 4.15. The molecule has 0 unspecified atom stereocenters. The molecule has 0 aromatic carbocycles. The first kappa shape index (κ1) is 13.9. The van der Waals surface area contributed by atoms with Gasteiger partial charge in [-0.15, -0.1) is 0 Å². The summed E-state index contributed by atoms with van der Waals surface area (Å²) in [6.45, 7) is 6.07. The van der Waals surface area contributed by atoms with Crippen LogP contribution < -0.4 is 0 Å². The van der Waals surface area contributed by atoms with Gasteiger partial charge in [-0.1, -0.05) is 12.2 Å². The van der Waals surface area contributed by atoms with Crippen molar-refractivity contribution < 1.29 is 9.53 Å². The summed E-state index contributed by atoms with van der Waals surface area (Å²) in [4.78, 5) is 14.8. The molecule has 0 saturated heterocycles. The van der Waals surface area contributed by atoms with Gasteiger partial charge in [0.05, 0.1) is 6.61 Å². The third-order valence-corrected chi connectivity index (χ3v) is 2.81. The molecule has 0 aliphatic carbocycles. The Morgan fingerprint density at radius 1 is 1.47 bits per heavy atom. The van der Waals surface area contributed by atoms with Crippen LogP contribution in [0.5, 0.6) is 0 Å². The number of thiol groups is 1. The van der Waals surface area contributed by atoms with Crippen LogP contribution in [0.2, 0.25) is 0 Å². The maximum atomic E-state index is 11.7. The zero-order valence-electron chi connectivity index (χ0n) is 10.5. The number of aromatic nitrogens is 1. The van der Waals surface area contributed by atoms with Gasteiger partial charge in [-0.2, -0.15) is 12.6 Å². The highest BCUT2D eigenvalue weighted by Crippen LogP contribution is 2.20. The van der Waals surface area contributed by atoms with E-state index in [0.717, 1.165) is 29.0 Å². The Kier molecular flexibility index (Phi) is 5.35. The smallest absolute Gasteiger partial charge is 0.355 e. The number of ether oxygens (including phenoxy) is 1. The van der Waals surface area contributed by atoms with Crippen molar-refractivity contribution in [1.82, 2.24) is 4.98 Å². The molecule has 4 heteroatoms. The largest absolute Gasteiger partial charge is 0.461 e. The van der Waals surface area contributed by atoms with Crippen LogP contribution in [-0.4, -0.2) is 23.3 Å². The first-order valence-corrected chi connectivity index (χ1v) is 6.38. The number of allylic oxidation sites excluding steroid dienone is 1. The summed E-state index contributed by atoms with van der Waals surface area (Å²) in [7, 11) is 0. The van der Waals surface area contributed by atoms with E-state index in [0.29, 0.717) is 12.3 Å². The number of nitrogens with one attached hydrogen (secondary N) is 1. The van der Waals surface area contributed by atoms with Gasteiger partial charge in [-0.25, -0.2) is 4.79 Å². The zero-order chi connectivity index (χ0) is 12.8. The number of carbonyl (C=O) groups is 1. The molecule has 3 nitrogen and oxygen atoms in total. The third kappa shape index (κ3) is 3.40. The quantitative estimate of drug-likeness (QED) is 0.625. The lowest BCUT2D eigenvalue weighted by molar-refractivity contribution is 0.0519. The second kappa shape index (κ2) is 6.55. The Hall–Kier alpha value is -1.16. The predicted molar refractivity (Wildman–Crippen MR) is 73.7 cm³/mol. The molecule has 1 rings (SSSR count). The monoisotopic (exact) mass is 253 g/mol. The standard InChI is InChI=1S/C13H19NO2S/c1-4-16-13(15)12-9(2)11(10(3)14-12)7-5-6-8-17/h5,7,14,17H,4,6,8H2,1-3H3. The summed E-state index contributed by atoms with van der Waals surface area (Å²) in [6, 6.07) is 0. The van der Waals surface area contributed by atoms with E-state index in [1.807, 2.05) is 19.9 Å². The van der Waals surface area contributed by atoms with Crippen molar-refractivity contribution in [2.75, 3.05) is 12.4 Å². The molecule has 0 spiro atoms. The number of rotatable bonds is 5. The molecule has 1 heterocycles. The van der Waals surface area contributed by atoms with E-state index in [1.54, 1.807) is 6.92 Å². The highest BCUT2D eigenvalue weighted by atomic mass is 32.1. The average Bonchev–Trinajstić information content (AvgIpc) is 2.57. The predicted octanol–water partition coefficient (Wildman–Crippen LogP) is 3.14. The minimum absolute atomic E-state index is 0.290. The van der Waals surface area contributed by atoms with Crippen LogP contribution in [-0.2, 0) is 4.74 Å². The number of hydrogen-bond acceptors (Lipinski definition) is 3. The molecule has 0 aliphatic rings. The normalized spacial score (nSPS) is 11.1. The minimum Gasteiger partial charge on any atom is -0.461 e. The van der Waals surface area contributed by atoms with Crippen LogP contribution in [0.1, 0.15) is 40.7 Å². The number of hydrogen-bond donors (Lipinski definition) is 2. The molecule has 17 heavy (non-hydrogen) atoms. The fourth-order valence-corrected chi connectivity index (χ4v) is 1.85. The van der Waals surface area contributed by atoms with Gasteiger partial charge in [0, 0.05) is 5.69 Å². The van der Waals surface area contributed by atoms with Crippen molar-refractivity contribution in [3.05, 3.63) is 28.6 Å². The first-order chi connectivity index (χ1) is 8.11. The molecule has 1 aromatic rings. The summed E-state index contributed by atoms with van der Waals surface area (Å²) in [5, 5.41) is 0. The lowest BCUT2D eigenvalue weighted by Crippen LogP contribution is -2.06. The molecule has 0 aliphatic heterocycles. The number of H-pyrrole nitrogens is 1. The van der Waals surface area contributed by atoms with E-state index in [2.05, 4.69) is 23.7 Å². The summed E-state index contributed by atoms with van der Waals surface area (Å²) in [5.41, 5.74) is 3.54. The molecule has 1 N–H and O–H groups in total. The Bertz CT molecular complexity index is 421. The molecule has 0 radical (unpaired) electrons. The number of carbonyl (C=O) groups excluding carboxylic acids is 1. The van der Waals surface area contributed by atoms with E-state index < -0.39 is 0 Å². The Morgan fingerprint density at radius 2 is 2.18 bits per heavy atom. The Morgan fingerprint density at radius 3 is 2.76 bits per heavy atom. The molecule has 0 bridgehead atoms. The molecule has 1 aromatic heterocycles. The van der Waals surface area contributed by atoms with E-state index in [9.17, 15) is 4.79 Å². The van der Waals surface area contributed by atoms with Crippen molar-refractivity contribution in [1.29, 1.82) is 0 Å². The Labute approximate surface area is 108 Å². The van der Waals surface area contributed by atoms with Crippen LogP contribution in [0.25, 0.3) is 6.08 Å². The van der Waals surface area contributed by atoms with Crippen LogP contribution in [0, 0.1) is 13.8 Å². The maximum Gasteiger partial charge on any atom is 0.355 e. The molecular formula is C13H19NO2S. The van der Waals surface area contributed by atoms with Crippen molar-refractivity contribution in [2.24, 2.45) is 0 Å². The van der Waals surface area contributed by atoms with Crippen LogP contribution >= 0.6 is 12.6 Å². The fraction of sp³-hybridized carbons (Fsp3) is 0.462. The third-order valence-electron chi connectivity index (χ3n) is 2.56. The topological polar surface area (TPSA) is 42.1 Å². The highest BCUT2D eigenvalue weighted by molar-refractivity contribution is 7.80. The summed E-state index contributed by atoms with van der Waals surface area (Å²) in [6.07, 6.45) is 5.01. The molecule has 0 atom stereocenters. The summed E-state index contributed by atoms with van der Waals surface area (Å²) in [5.74, 6) is 0.533. The van der Waals surface area contributed by atoms with E-state index in [1.165, 1.54) is 0 Å². The highest BCUT2D eigenvalue weighted by Gasteiger charge is 2.16. The van der Waals surface area contributed by atoms with E-state index >= 15 is 0 Å². The molecule has 0 amide bonds. The number of aromatic amines is 1. The van der Waals surface area contributed by atoms with Crippen molar-refractivity contribution in [2.45, 2.75) is 27.2 Å². The van der Waals surface area contributed by atoms with Crippen molar-refractivity contribution in [3.8, 4) is 0 Å². The van der Waals surface area contributed by atoms with Crippen LogP contribution in [0.15, 0.2) is 6.08 Å². The average molecular weight is 253 g/mol. The zero-order valence-corrected chi connectivity index (χ0v) is 11.4. The minimum atomic E-state index is -0.290. The van der Waals surface area contributed by atoms with E-state index in [-0.39, 0.29) is 5.97 Å². The van der Waals surface area contributed by atoms with Gasteiger partial charge in [0.25, 0.3) is 0 Å². The fourth-order valence-electron chi connectivity index (χ4n) is 1.70. The van der Waals surface area contributed by atoms with Gasteiger partial charge < -0.3 is 9.72 Å². The van der Waals surface area contributed by atoms with Crippen LogP contribution in [0.3, 0.4) is 0 Å². The summed E-state index contributed by atoms with van der Waals surface area (Å²) < 4.78 is 5.00. The van der Waals surface area contributed by atoms with Crippen LogP contribution in [0.4, 0.5) is 0 Å². The van der Waals surface area contributed by atoms with Gasteiger partial charge in [0.15, 0.2) is 0 Å². The van der Waals surface area contributed by atoms with Gasteiger partial charge in [-0.3, -0.25) is 0 Å². The van der Waals surface area contributed by atoms with E-state index in [4.69, 9.17) is 4.74 Å². The van der Waals surface area contributed by atoms with Gasteiger partial charge in [-0.05, 0) is 44.1 Å².